The zero-order valence-electron chi connectivity index (χ0n) is 20.3. The van der Waals surface area contributed by atoms with Gasteiger partial charge in [0.2, 0.25) is 0 Å². The maximum Gasteiger partial charge on any atom is 0.338 e. The fourth-order valence-corrected chi connectivity index (χ4v) is 4.34. The van der Waals surface area contributed by atoms with Crippen LogP contribution in [-0.2, 0) is 6.42 Å². The van der Waals surface area contributed by atoms with Gasteiger partial charge in [-0.15, -0.1) is 0 Å². The number of carboxylic acid groups (broad SMARTS) is 1. The molecule has 0 fully saturated rings. The van der Waals surface area contributed by atoms with Gasteiger partial charge in [-0.3, -0.25) is 0 Å². The van der Waals surface area contributed by atoms with E-state index in [4.69, 9.17) is 4.74 Å². The number of fused-ring (bicyclic) bond motifs is 2. The largest absolute Gasteiger partial charge is 0.478 e. The molecule has 0 radical (unpaired) electrons. The number of carbonyl (C=O) groups is 1. The molecule has 4 rings (SSSR count). The number of benzene rings is 3. The Bertz CT molecular complexity index is 1250. The molecular formula is C29H31N3O3. The van der Waals surface area contributed by atoms with E-state index in [0.717, 1.165) is 25.1 Å². The van der Waals surface area contributed by atoms with Gasteiger partial charge < -0.3 is 20.1 Å². The van der Waals surface area contributed by atoms with Crippen molar-refractivity contribution in [3.63, 3.8) is 0 Å². The van der Waals surface area contributed by atoms with Gasteiger partial charge >= 0.3 is 5.97 Å². The van der Waals surface area contributed by atoms with Crippen LogP contribution in [0.3, 0.4) is 0 Å². The van der Waals surface area contributed by atoms with Gasteiger partial charge in [-0.1, -0.05) is 44.9 Å². The van der Waals surface area contributed by atoms with E-state index >= 15 is 0 Å². The second-order valence-corrected chi connectivity index (χ2v) is 8.91. The zero-order valence-corrected chi connectivity index (χ0v) is 20.3. The highest BCUT2D eigenvalue weighted by molar-refractivity contribution is 5.99. The van der Waals surface area contributed by atoms with E-state index in [0.29, 0.717) is 22.9 Å². The molecule has 180 valence electrons. The molecule has 1 aliphatic heterocycles. The minimum absolute atomic E-state index is 0.0151. The quantitative estimate of drug-likeness (QED) is 0.258. The van der Waals surface area contributed by atoms with Gasteiger partial charge in [0, 0.05) is 24.8 Å². The van der Waals surface area contributed by atoms with Crippen molar-refractivity contribution >= 4 is 23.0 Å². The van der Waals surface area contributed by atoms with Crippen LogP contribution in [0.15, 0.2) is 54.6 Å². The molecule has 0 saturated carbocycles. The van der Waals surface area contributed by atoms with Crippen LogP contribution in [-0.4, -0.2) is 24.2 Å². The molecule has 0 aliphatic carbocycles. The molecule has 6 nitrogen and oxygen atoms in total. The Kier molecular flexibility index (Phi) is 7.57. The molecular weight excluding hydrogens is 438 g/mol. The Labute approximate surface area is 206 Å². The highest BCUT2D eigenvalue weighted by atomic mass is 16.5. The third-order valence-corrected chi connectivity index (χ3v) is 6.23. The van der Waals surface area contributed by atoms with Crippen molar-refractivity contribution in [2.24, 2.45) is 0 Å². The summed E-state index contributed by atoms with van der Waals surface area (Å²) in [6.07, 6.45) is 5.48. The maximum atomic E-state index is 11.7. The minimum Gasteiger partial charge on any atom is -0.478 e. The average molecular weight is 470 g/mol. The summed E-state index contributed by atoms with van der Waals surface area (Å²) in [6, 6.07) is 19.6. The van der Waals surface area contributed by atoms with E-state index in [1.807, 2.05) is 24.3 Å². The lowest BCUT2D eigenvalue weighted by Crippen LogP contribution is -2.25. The van der Waals surface area contributed by atoms with E-state index < -0.39 is 5.97 Å². The third-order valence-electron chi connectivity index (χ3n) is 6.23. The minimum atomic E-state index is -1.11. The lowest BCUT2D eigenvalue weighted by Gasteiger charge is -2.25. The van der Waals surface area contributed by atoms with Crippen molar-refractivity contribution in [3.8, 4) is 17.6 Å². The zero-order chi connectivity index (χ0) is 24.8. The SMILES string of the molecule is CCCCN(CCCC)c1cccc(Cc2ccc3c(c2)Oc2cc(C#N)cc(C(=O)O)c2N3)c1. The van der Waals surface area contributed by atoms with Crippen molar-refractivity contribution in [3.05, 3.63) is 76.9 Å². The van der Waals surface area contributed by atoms with Crippen LogP contribution in [0.25, 0.3) is 0 Å². The Morgan fingerprint density at radius 2 is 1.74 bits per heavy atom. The predicted molar refractivity (Wildman–Crippen MR) is 139 cm³/mol. The van der Waals surface area contributed by atoms with Crippen LogP contribution in [0.5, 0.6) is 11.5 Å². The lowest BCUT2D eigenvalue weighted by atomic mass is 10.0. The summed E-state index contributed by atoms with van der Waals surface area (Å²) in [4.78, 5) is 14.2. The Balaban J connectivity index is 1.56. The Morgan fingerprint density at radius 1 is 1.00 bits per heavy atom. The normalized spacial score (nSPS) is 11.5. The van der Waals surface area contributed by atoms with Gasteiger partial charge in [-0.05, 0) is 60.7 Å². The number of nitrogens with one attached hydrogen (secondary N) is 1. The molecule has 0 amide bonds. The van der Waals surface area contributed by atoms with Crippen molar-refractivity contribution in [1.82, 2.24) is 0 Å². The highest BCUT2D eigenvalue weighted by Gasteiger charge is 2.24. The summed E-state index contributed by atoms with van der Waals surface area (Å²) in [5.74, 6) is -0.151. The van der Waals surface area contributed by atoms with Crippen molar-refractivity contribution in [1.29, 1.82) is 5.26 Å². The average Bonchev–Trinajstić information content (AvgIpc) is 2.87. The van der Waals surface area contributed by atoms with Gasteiger partial charge in [0.25, 0.3) is 0 Å². The summed E-state index contributed by atoms with van der Waals surface area (Å²) in [5, 5.41) is 22.0. The number of unbranched alkanes of at least 4 members (excludes halogenated alkanes) is 2. The monoisotopic (exact) mass is 469 g/mol. The summed E-state index contributed by atoms with van der Waals surface area (Å²) < 4.78 is 6.05. The first-order valence-electron chi connectivity index (χ1n) is 12.3. The molecule has 3 aromatic rings. The fraction of sp³-hybridized carbons (Fsp3) is 0.310. The van der Waals surface area contributed by atoms with Gasteiger partial charge in [-0.25, -0.2) is 4.79 Å². The first kappa shape index (κ1) is 24.2. The van der Waals surface area contributed by atoms with Crippen molar-refractivity contribution in [2.45, 2.75) is 46.0 Å². The standard InChI is InChI=1S/C29H31N3O3/c1-3-5-12-32(13-6-4-2)23-9-7-8-20(15-23)14-21-10-11-25-26(17-21)35-27-18-22(19-30)16-24(29(33)34)28(27)31-25/h7-11,15-18,31H,3-6,12-14H2,1-2H3,(H,33,34). The molecule has 0 aromatic heterocycles. The molecule has 0 bridgehead atoms. The first-order chi connectivity index (χ1) is 17.0. The summed E-state index contributed by atoms with van der Waals surface area (Å²) >= 11 is 0. The number of hydrogen-bond donors (Lipinski definition) is 2. The molecule has 0 atom stereocenters. The van der Waals surface area contributed by atoms with Crippen LogP contribution in [0, 0.1) is 11.3 Å². The number of carboxylic acids is 1. The topological polar surface area (TPSA) is 85.6 Å². The maximum absolute atomic E-state index is 11.7. The van der Waals surface area contributed by atoms with Gasteiger partial charge in [-0.2, -0.15) is 5.26 Å². The molecule has 35 heavy (non-hydrogen) atoms. The first-order valence-corrected chi connectivity index (χ1v) is 12.3. The van der Waals surface area contributed by atoms with Crippen LogP contribution >= 0.6 is 0 Å². The number of nitriles is 1. The van der Waals surface area contributed by atoms with Crippen LogP contribution < -0.4 is 15.0 Å². The number of ether oxygens (including phenoxy) is 1. The molecule has 0 unspecified atom stereocenters. The van der Waals surface area contributed by atoms with Gasteiger partial charge in [0.05, 0.1) is 28.6 Å². The number of hydrogen-bond acceptors (Lipinski definition) is 5. The van der Waals surface area contributed by atoms with Crippen LogP contribution in [0.1, 0.15) is 66.6 Å². The summed E-state index contributed by atoms with van der Waals surface area (Å²) in [6.45, 7) is 6.59. The van der Waals surface area contributed by atoms with E-state index in [2.05, 4.69) is 48.3 Å². The lowest BCUT2D eigenvalue weighted by molar-refractivity contribution is 0.0697. The second-order valence-electron chi connectivity index (χ2n) is 8.91. The predicted octanol–water partition coefficient (Wildman–Crippen LogP) is 7.10. The summed E-state index contributed by atoms with van der Waals surface area (Å²) in [5.41, 5.74) is 4.91. The number of aromatic carboxylic acids is 1. The smallest absolute Gasteiger partial charge is 0.338 e. The highest BCUT2D eigenvalue weighted by Crippen LogP contribution is 2.44. The molecule has 2 N–H and O–H groups in total. The molecule has 3 aromatic carbocycles. The third kappa shape index (κ3) is 5.58. The van der Waals surface area contributed by atoms with E-state index in [1.165, 1.54) is 43.0 Å². The fourth-order valence-electron chi connectivity index (χ4n) is 4.34. The van der Waals surface area contributed by atoms with Crippen molar-refractivity contribution < 1.29 is 14.6 Å². The molecule has 1 heterocycles. The number of anilines is 3. The van der Waals surface area contributed by atoms with Crippen LogP contribution in [0.4, 0.5) is 17.1 Å². The van der Waals surface area contributed by atoms with Crippen LogP contribution in [0.2, 0.25) is 0 Å². The molecule has 0 saturated heterocycles. The molecule has 0 spiro atoms. The molecule has 1 aliphatic rings. The van der Waals surface area contributed by atoms with E-state index in [1.54, 1.807) is 6.07 Å². The second kappa shape index (κ2) is 11.0. The van der Waals surface area contributed by atoms with Gasteiger partial charge in [0.15, 0.2) is 11.5 Å². The number of rotatable bonds is 10. The molecule has 6 heteroatoms. The van der Waals surface area contributed by atoms with Gasteiger partial charge in [0.1, 0.15) is 0 Å². The van der Waals surface area contributed by atoms with E-state index in [9.17, 15) is 15.2 Å². The Morgan fingerprint density at radius 3 is 2.43 bits per heavy atom. The van der Waals surface area contributed by atoms with Crippen molar-refractivity contribution in [2.75, 3.05) is 23.3 Å². The van der Waals surface area contributed by atoms with E-state index in [-0.39, 0.29) is 11.1 Å². The number of nitrogens with zero attached hydrogens (tertiary/aromatic N) is 2. The Hall–Kier alpha value is -3.98. The summed E-state index contributed by atoms with van der Waals surface area (Å²) in [7, 11) is 0.